The second kappa shape index (κ2) is 8.04. The van der Waals surface area contributed by atoms with Gasteiger partial charge in [-0.2, -0.15) is 0 Å². The molecular weight excluding hydrogens is 368 g/mol. The van der Waals surface area contributed by atoms with E-state index in [0.717, 1.165) is 0 Å². The molecule has 2 unspecified atom stereocenters. The van der Waals surface area contributed by atoms with Gasteiger partial charge in [-0.25, -0.2) is 0 Å². The average Bonchev–Trinajstić information content (AvgIpc) is 2.72. The highest BCUT2D eigenvalue weighted by Crippen LogP contribution is 2.35. The van der Waals surface area contributed by atoms with E-state index >= 15 is 0 Å². The van der Waals surface area contributed by atoms with Crippen LogP contribution in [-0.4, -0.2) is 58.1 Å². The molecule has 8 nitrogen and oxygen atoms in total. The molecule has 2 fully saturated rings. The molecule has 150 valence electrons. The topological polar surface area (TPSA) is 118 Å². The number of aliphatic hydroxyl groups excluding tert-OH is 2. The molecule has 0 amide bonds. The zero-order valence-electron chi connectivity index (χ0n) is 14.9. The standard InChI is InChI=1S/C20H22O8/c21-13-5-1-11(2-6-13)19-25-9-15(23)18-17(24)16(10-26-19)27-20(28-18)12-3-7-14(22)8-4-12/h1-8,15-24H,9-10H2/t15-,16+,17-,18-,19?,20?/m0/s1. The summed E-state index contributed by atoms with van der Waals surface area (Å²) in [7, 11) is 0. The number of hydrogen-bond donors (Lipinski definition) is 4. The fourth-order valence-electron chi connectivity index (χ4n) is 3.29. The molecule has 2 bridgehead atoms. The van der Waals surface area contributed by atoms with E-state index in [1.165, 1.54) is 24.3 Å². The maximum atomic E-state index is 10.6. The van der Waals surface area contributed by atoms with E-state index in [-0.39, 0.29) is 24.7 Å². The van der Waals surface area contributed by atoms with Gasteiger partial charge in [-0.05, 0) is 24.3 Å². The van der Waals surface area contributed by atoms with Crippen LogP contribution in [0.1, 0.15) is 23.7 Å². The second-order valence-corrected chi connectivity index (χ2v) is 6.85. The number of rotatable bonds is 2. The lowest BCUT2D eigenvalue weighted by Crippen LogP contribution is -2.54. The molecule has 4 N–H and O–H groups in total. The van der Waals surface area contributed by atoms with Crippen LogP contribution in [0.4, 0.5) is 0 Å². The first kappa shape index (κ1) is 19.1. The van der Waals surface area contributed by atoms with Gasteiger partial charge in [0.25, 0.3) is 0 Å². The van der Waals surface area contributed by atoms with E-state index in [0.29, 0.717) is 11.1 Å². The van der Waals surface area contributed by atoms with E-state index in [9.17, 15) is 20.4 Å². The number of fused-ring (bicyclic) bond motifs is 2. The molecule has 2 aliphatic rings. The van der Waals surface area contributed by atoms with Crippen molar-refractivity contribution in [1.82, 2.24) is 0 Å². The SMILES string of the molecule is Oc1ccc(C2OC[C@H](O)[C@@H]3OC(c4ccc(O)cc4)O[C@H](CO2)[C@@H]3O)cc1. The monoisotopic (exact) mass is 390 g/mol. The third kappa shape index (κ3) is 3.97. The van der Waals surface area contributed by atoms with Crippen LogP contribution >= 0.6 is 0 Å². The molecule has 2 aliphatic heterocycles. The first-order valence-corrected chi connectivity index (χ1v) is 8.99. The quantitative estimate of drug-likeness (QED) is 0.607. The summed E-state index contributed by atoms with van der Waals surface area (Å²) in [5.41, 5.74) is 1.30. The van der Waals surface area contributed by atoms with Crippen LogP contribution in [0.5, 0.6) is 11.5 Å². The van der Waals surface area contributed by atoms with E-state index in [1.807, 2.05) is 0 Å². The predicted octanol–water partition coefficient (Wildman–Crippen LogP) is 1.35. The number of hydrogen-bond acceptors (Lipinski definition) is 8. The second-order valence-electron chi connectivity index (χ2n) is 6.85. The summed E-state index contributed by atoms with van der Waals surface area (Å²) in [4.78, 5) is 0. The van der Waals surface area contributed by atoms with Crippen molar-refractivity contribution in [3.63, 3.8) is 0 Å². The molecule has 0 aromatic heterocycles. The minimum absolute atomic E-state index is 0.00781. The zero-order valence-corrected chi connectivity index (χ0v) is 14.9. The van der Waals surface area contributed by atoms with Gasteiger partial charge in [0.1, 0.15) is 35.9 Å². The van der Waals surface area contributed by atoms with Crippen molar-refractivity contribution in [2.45, 2.75) is 37.0 Å². The molecule has 0 spiro atoms. The average molecular weight is 390 g/mol. The summed E-state index contributed by atoms with van der Waals surface area (Å²) in [6.45, 7) is -0.115. The van der Waals surface area contributed by atoms with Gasteiger partial charge in [0, 0.05) is 11.1 Å². The molecule has 2 heterocycles. The molecule has 0 aliphatic carbocycles. The number of phenols is 2. The van der Waals surface area contributed by atoms with Crippen molar-refractivity contribution in [2.24, 2.45) is 0 Å². The van der Waals surface area contributed by atoms with Crippen LogP contribution in [0.25, 0.3) is 0 Å². The van der Waals surface area contributed by atoms with Crippen molar-refractivity contribution in [3.8, 4) is 11.5 Å². The molecule has 0 radical (unpaired) electrons. The summed E-state index contributed by atoms with van der Waals surface area (Å²) >= 11 is 0. The number of aliphatic hydroxyl groups is 2. The summed E-state index contributed by atoms with van der Waals surface area (Å²) in [5.74, 6) is 0.228. The van der Waals surface area contributed by atoms with E-state index in [1.54, 1.807) is 24.3 Å². The Labute approximate surface area is 161 Å². The highest BCUT2D eigenvalue weighted by molar-refractivity contribution is 5.27. The minimum Gasteiger partial charge on any atom is -0.508 e. The van der Waals surface area contributed by atoms with Crippen molar-refractivity contribution < 1.29 is 39.4 Å². The first-order valence-electron chi connectivity index (χ1n) is 8.99. The maximum Gasteiger partial charge on any atom is 0.184 e. The molecule has 2 aromatic carbocycles. The predicted molar refractivity (Wildman–Crippen MR) is 95.4 cm³/mol. The van der Waals surface area contributed by atoms with Crippen LogP contribution in [-0.2, 0) is 18.9 Å². The highest BCUT2D eigenvalue weighted by atomic mass is 16.7. The van der Waals surface area contributed by atoms with Crippen molar-refractivity contribution in [2.75, 3.05) is 13.2 Å². The Morgan fingerprint density at radius 3 is 1.82 bits per heavy atom. The minimum atomic E-state index is -1.11. The molecule has 0 saturated carbocycles. The lowest BCUT2D eigenvalue weighted by molar-refractivity contribution is -0.308. The Hall–Kier alpha value is -2.20. The molecule has 2 saturated heterocycles. The van der Waals surface area contributed by atoms with Gasteiger partial charge in [0.05, 0.1) is 13.2 Å². The fourth-order valence-corrected chi connectivity index (χ4v) is 3.29. The summed E-state index contributed by atoms with van der Waals surface area (Å²) < 4.78 is 23.1. The van der Waals surface area contributed by atoms with Gasteiger partial charge in [-0.15, -0.1) is 0 Å². The summed E-state index contributed by atoms with van der Waals surface area (Å²) in [6.07, 6.45) is -5.53. The zero-order chi connectivity index (χ0) is 19.7. The van der Waals surface area contributed by atoms with E-state index in [2.05, 4.69) is 0 Å². The molecule has 8 heteroatoms. The van der Waals surface area contributed by atoms with E-state index < -0.39 is 37.0 Å². The van der Waals surface area contributed by atoms with Crippen LogP contribution < -0.4 is 0 Å². The Morgan fingerprint density at radius 1 is 0.679 bits per heavy atom. The molecule has 2 aromatic rings. The van der Waals surface area contributed by atoms with Crippen molar-refractivity contribution in [3.05, 3.63) is 59.7 Å². The third-order valence-electron chi connectivity index (χ3n) is 4.84. The van der Waals surface area contributed by atoms with Gasteiger partial charge in [0.2, 0.25) is 0 Å². The van der Waals surface area contributed by atoms with Gasteiger partial charge in [-0.1, -0.05) is 24.3 Å². The van der Waals surface area contributed by atoms with Crippen LogP contribution in [0, 0.1) is 0 Å². The highest BCUT2D eigenvalue weighted by Gasteiger charge is 2.44. The number of benzene rings is 2. The smallest absolute Gasteiger partial charge is 0.184 e. The lowest BCUT2D eigenvalue weighted by atomic mass is 10.0. The van der Waals surface area contributed by atoms with Gasteiger partial charge in [0.15, 0.2) is 12.6 Å². The largest absolute Gasteiger partial charge is 0.508 e. The Balaban J connectivity index is 1.55. The Bertz CT molecular complexity index is 778. The fraction of sp³-hybridized carbons (Fsp3) is 0.400. The van der Waals surface area contributed by atoms with Crippen LogP contribution in [0.2, 0.25) is 0 Å². The van der Waals surface area contributed by atoms with Gasteiger partial charge in [-0.3, -0.25) is 0 Å². The Morgan fingerprint density at radius 2 is 1.21 bits per heavy atom. The lowest BCUT2D eigenvalue weighted by Gasteiger charge is -2.40. The third-order valence-corrected chi connectivity index (χ3v) is 4.84. The number of ether oxygens (including phenoxy) is 4. The molecular formula is C20H22O8. The van der Waals surface area contributed by atoms with Crippen molar-refractivity contribution >= 4 is 0 Å². The van der Waals surface area contributed by atoms with Crippen LogP contribution in [0.15, 0.2) is 48.5 Å². The normalized spacial score (nSPS) is 33.5. The summed E-state index contributed by atoms with van der Waals surface area (Å²) in [5, 5.41) is 40.0. The van der Waals surface area contributed by atoms with Gasteiger partial charge < -0.3 is 39.4 Å². The van der Waals surface area contributed by atoms with Crippen LogP contribution in [0.3, 0.4) is 0 Å². The first-order chi connectivity index (χ1) is 13.5. The van der Waals surface area contributed by atoms with E-state index in [4.69, 9.17) is 18.9 Å². The summed E-state index contributed by atoms with van der Waals surface area (Å²) in [6, 6.07) is 12.6. The molecule has 4 rings (SSSR count). The Kier molecular flexibility index (Phi) is 5.49. The maximum absolute atomic E-state index is 10.6. The van der Waals surface area contributed by atoms with Gasteiger partial charge >= 0.3 is 0 Å². The molecule has 6 atom stereocenters. The molecule has 28 heavy (non-hydrogen) atoms. The van der Waals surface area contributed by atoms with Crippen molar-refractivity contribution in [1.29, 1.82) is 0 Å². The number of aromatic hydroxyl groups is 2. The number of phenolic OH excluding ortho intramolecular Hbond substituents is 2.